The Bertz CT molecular complexity index is 828. The van der Waals surface area contributed by atoms with Crippen LogP contribution in [0.15, 0.2) is 53.4 Å². The van der Waals surface area contributed by atoms with Gasteiger partial charge in [0.1, 0.15) is 6.04 Å². The molecular weight excluding hydrogens is 427 g/mol. The third-order valence-electron chi connectivity index (χ3n) is 4.29. The molecule has 0 saturated heterocycles. The fraction of sp³-hybridized carbons (Fsp3) is 0.364. The summed E-state index contributed by atoms with van der Waals surface area (Å²) < 4.78 is 0. The highest BCUT2D eigenvalue weighted by atomic mass is 35.5. The van der Waals surface area contributed by atoms with E-state index >= 15 is 0 Å². The lowest BCUT2D eigenvalue weighted by atomic mass is 10.1. The van der Waals surface area contributed by atoms with Crippen LogP contribution in [0.2, 0.25) is 10.0 Å². The van der Waals surface area contributed by atoms with Gasteiger partial charge in [-0.1, -0.05) is 48.3 Å². The second-order valence-corrected chi connectivity index (χ2v) is 8.84. The molecule has 4 nitrogen and oxygen atoms in total. The highest BCUT2D eigenvalue weighted by Gasteiger charge is 2.29. The van der Waals surface area contributed by atoms with Crippen LogP contribution in [0, 0.1) is 0 Å². The van der Waals surface area contributed by atoms with Crippen molar-refractivity contribution in [1.82, 2.24) is 10.2 Å². The molecule has 0 unspecified atom stereocenters. The van der Waals surface area contributed by atoms with Crippen molar-refractivity contribution in [3.05, 3.63) is 64.1 Å². The molecule has 156 valence electrons. The van der Waals surface area contributed by atoms with E-state index in [1.54, 1.807) is 23.1 Å². The van der Waals surface area contributed by atoms with Crippen molar-refractivity contribution >= 4 is 46.8 Å². The first-order valence-corrected chi connectivity index (χ1v) is 11.3. The number of carbonyl (C=O) groups excluding carboxylic acids is 2. The van der Waals surface area contributed by atoms with Gasteiger partial charge in [0.25, 0.3) is 0 Å². The molecular formula is C22H26Cl2N2O2S. The molecule has 0 spiro atoms. The molecule has 7 heteroatoms. The summed E-state index contributed by atoms with van der Waals surface area (Å²) >= 11 is 13.7. The zero-order chi connectivity index (χ0) is 21.4. The quantitative estimate of drug-likeness (QED) is 0.516. The van der Waals surface area contributed by atoms with Gasteiger partial charge in [-0.2, -0.15) is 0 Å². The Hall–Kier alpha value is -1.69. The second-order valence-electron chi connectivity index (χ2n) is 6.94. The number of thioether (sulfide) groups is 1. The number of carbonyl (C=O) groups is 2. The lowest BCUT2D eigenvalue weighted by Crippen LogP contribution is -2.51. The van der Waals surface area contributed by atoms with Crippen molar-refractivity contribution in [3.8, 4) is 0 Å². The van der Waals surface area contributed by atoms with Gasteiger partial charge in [-0.15, -0.1) is 11.8 Å². The normalized spacial score (nSPS) is 11.9. The van der Waals surface area contributed by atoms with E-state index in [9.17, 15) is 9.59 Å². The molecule has 29 heavy (non-hydrogen) atoms. The summed E-state index contributed by atoms with van der Waals surface area (Å²) in [7, 11) is 0. The number of nitrogens with one attached hydrogen (secondary N) is 1. The van der Waals surface area contributed by atoms with E-state index in [1.807, 2.05) is 51.1 Å². The molecule has 0 aromatic heterocycles. The Morgan fingerprint density at radius 1 is 1.07 bits per heavy atom. The molecule has 0 aliphatic rings. The van der Waals surface area contributed by atoms with Crippen LogP contribution in [0.5, 0.6) is 0 Å². The number of nitrogens with zero attached hydrogens (tertiary/aromatic N) is 1. The molecule has 2 aromatic carbocycles. The van der Waals surface area contributed by atoms with Gasteiger partial charge in [-0.25, -0.2) is 0 Å². The Labute approximate surface area is 187 Å². The Morgan fingerprint density at radius 2 is 1.72 bits per heavy atom. The van der Waals surface area contributed by atoms with Crippen LogP contribution in [0.1, 0.15) is 32.8 Å². The molecule has 1 N–H and O–H groups in total. The van der Waals surface area contributed by atoms with E-state index in [0.717, 1.165) is 10.5 Å². The third kappa shape index (κ3) is 7.25. The molecule has 0 aliphatic heterocycles. The van der Waals surface area contributed by atoms with E-state index < -0.39 is 6.04 Å². The number of hydrogen-bond donors (Lipinski definition) is 1. The summed E-state index contributed by atoms with van der Waals surface area (Å²) in [5, 5.41) is 4.15. The zero-order valence-corrected chi connectivity index (χ0v) is 19.2. The van der Waals surface area contributed by atoms with Gasteiger partial charge in [0.2, 0.25) is 11.8 Å². The summed E-state index contributed by atoms with van der Waals surface area (Å²) in [4.78, 5) is 28.5. The molecule has 0 radical (unpaired) electrons. The lowest BCUT2D eigenvalue weighted by molar-refractivity contribution is -0.139. The molecule has 0 heterocycles. The summed E-state index contributed by atoms with van der Waals surface area (Å²) in [5.41, 5.74) is 0.815. The smallest absolute Gasteiger partial charge is 0.243 e. The van der Waals surface area contributed by atoms with Crippen LogP contribution >= 0.6 is 35.0 Å². The molecule has 0 aliphatic carbocycles. The molecule has 2 aromatic rings. The Morgan fingerprint density at radius 3 is 2.31 bits per heavy atom. The van der Waals surface area contributed by atoms with Crippen LogP contribution in [-0.4, -0.2) is 34.6 Å². The van der Waals surface area contributed by atoms with Crippen molar-refractivity contribution in [2.45, 2.75) is 50.7 Å². The summed E-state index contributed by atoms with van der Waals surface area (Å²) in [6, 6.07) is 14.2. The fourth-order valence-electron chi connectivity index (χ4n) is 2.87. The lowest BCUT2D eigenvalue weighted by Gasteiger charge is -2.31. The number of halogens is 2. The first-order chi connectivity index (χ1) is 13.8. The van der Waals surface area contributed by atoms with Gasteiger partial charge >= 0.3 is 0 Å². The average Bonchev–Trinajstić information content (AvgIpc) is 2.68. The summed E-state index contributed by atoms with van der Waals surface area (Å²) in [6.07, 6.45) is 0.514. The van der Waals surface area contributed by atoms with Crippen LogP contribution < -0.4 is 5.32 Å². The van der Waals surface area contributed by atoms with E-state index in [1.165, 1.54) is 11.8 Å². The number of amides is 2. The first kappa shape index (κ1) is 23.6. The van der Waals surface area contributed by atoms with Crippen molar-refractivity contribution < 1.29 is 9.59 Å². The monoisotopic (exact) mass is 452 g/mol. The van der Waals surface area contributed by atoms with Crippen LogP contribution in [0.3, 0.4) is 0 Å². The molecule has 2 amide bonds. The SMILES string of the molecule is CC[C@@H](C(=O)NC(C)C)N(Cc1ccccc1Cl)C(=O)CSc1ccc(Cl)cc1. The largest absolute Gasteiger partial charge is 0.352 e. The first-order valence-electron chi connectivity index (χ1n) is 9.53. The van der Waals surface area contributed by atoms with Gasteiger partial charge in [-0.05, 0) is 56.2 Å². The van der Waals surface area contributed by atoms with Crippen molar-refractivity contribution in [2.75, 3.05) is 5.75 Å². The van der Waals surface area contributed by atoms with E-state index in [0.29, 0.717) is 16.5 Å². The third-order valence-corrected chi connectivity index (χ3v) is 5.91. The highest BCUT2D eigenvalue weighted by Crippen LogP contribution is 2.24. The maximum absolute atomic E-state index is 13.1. The highest BCUT2D eigenvalue weighted by molar-refractivity contribution is 8.00. The number of hydrogen-bond acceptors (Lipinski definition) is 3. The number of benzene rings is 2. The summed E-state index contributed by atoms with van der Waals surface area (Å²) in [5.74, 6) is -0.0487. The standard InChI is InChI=1S/C22H26Cl2N2O2S/c1-4-20(22(28)25-15(2)3)26(13-16-7-5-6-8-19(16)24)21(27)14-29-18-11-9-17(23)10-12-18/h5-12,15,20H,4,13-14H2,1-3H3,(H,25,28)/t20-/m0/s1. The van der Waals surface area contributed by atoms with Gasteiger partial charge in [0.05, 0.1) is 5.75 Å². The minimum atomic E-state index is -0.563. The van der Waals surface area contributed by atoms with Crippen LogP contribution in [-0.2, 0) is 16.1 Å². The van der Waals surface area contributed by atoms with Crippen molar-refractivity contribution in [1.29, 1.82) is 0 Å². The van der Waals surface area contributed by atoms with Crippen molar-refractivity contribution in [2.24, 2.45) is 0 Å². The fourth-order valence-corrected chi connectivity index (χ4v) is 3.98. The van der Waals surface area contributed by atoms with Gasteiger partial charge in [0.15, 0.2) is 0 Å². The van der Waals surface area contributed by atoms with E-state index in [4.69, 9.17) is 23.2 Å². The van der Waals surface area contributed by atoms with Gasteiger partial charge in [-0.3, -0.25) is 9.59 Å². The van der Waals surface area contributed by atoms with Crippen LogP contribution in [0.4, 0.5) is 0 Å². The predicted molar refractivity (Wildman–Crippen MR) is 122 cm³/mol. The Balaban J connectivity index is 2.21. The predicted octanol–water partition coefficient (Wildman–Crippen LogP) is 5.42. The Kier molecular flexibility index (Phi) is 9.34. The zero-order valence-electron chi connectivity index (χ0n) is 16.8. The maximum Gasteiger partial charge on any atom is 0.243 e. The molecule has 2 rings (SSSR count). The van der Waals surface area contributed by atoms with Gasteiger partial charge < -0.3 is 10.2 Å². The summed E-state index contributed by atoms with van der Waals surface area (Å²) in [6.45, 7) is 6.00. The molecule has 0 fully saturated rings. The minimum Gasteiger partial charge on any atom is -0.352 e. The maximum atomic E-state index is 13.1. The number of rotatable bonds is 9. The second kappa shape index (κ2) is 11.5. The average molecular weight is 453 g/mol. The topological polar surface area (TPSA) is 49.4 Å². The molecule has 1 atom stereocenters. The molecule has 0 bridgehead atoms. The van der Waals surface area contributed by atoms with E-state index in [-0.39, 0.29) is 30.2 Å². The van der Waals surface area contributed by atoms with Crippen LogP contribution in [0.25, 0.3) is 0 Å². The minimum absolute atomic E-state index is 0.00254. The van der Waals surface area contributed by atoms with Gasteiger partial charge in [0, 0.05) is 27.5 Å². The van der Waals surface area contributed by atoms with E-state index in [2.05, 4.69) is 5.32 Å². The molecule has 0 saturated carbocycles. The van der Waals surface area contributed by atoms with Crippen molar-refractivity contribution in [3.63, 3.8) is 0 Å².